The van der Waals surface area contributed by atoms with Gasteiger partial charge in [-0.25, -0.2) is 0 Å². The molecular weight excluding hydrogens is 1100 g/mol. The number of hydrogen-bond donors (Lipinski definition) is 0. The van der Waals surface area contributed by atoms with E-state index in [0.29, 0.717) is 17.4 Å². The van der Waals surface area contributed by atoms with Gasteiger partial charge in [-0.05, 0) is 12.8 Å². The lowest BCUT2D eigenvalue weighted by Crippen LogP contribution is -2.37. The Labute approximate surface area is 544 Å². The number of quaternary nitrogens is 1. The molecular formula is C77H154NO8P. The fraction of sp³-hybridized carbons (Fsp3) is 0.974. The second-order valence-electron chi connectivity index (χ2n) is 28.5. The number of phosphoric acid groups is 1. The fourth-order valence-corrected chi connectivity index (χ4v) is 13.1. The topological polar surface area (TPSA) is 111 Å². The lowest BCUT2D eigenvalue weighted by molar-refractivity contribution is -0.870. The van der Waals surface area contributed by atoms with E-state index in [1.54, 1.807) is 0 Å². The molecule has 0 aromatic rings. The van der Waals surface area contributed by atoms with Gasteiger partial charge in [-0.1, -0.05) is 406 Å². The van der Waals surface area contributed by atoms with Crippen LogP contribution in [0.3, 0.4) is 0 Å². The molecule has 0 heterocycles. The minimum atomic E-state index is -4.64. The number of unbranched alkanes of at least 4 members (excludes halogenated alkanes) is 61. The SMILES string of the molecule is CCCCCCCCCCCCCCCCCCCCCCCCCCCCCCCCCCCCCCCC(=O)OC(COC(=O)CCCCCCCCCCCCCCCCCCCCCCCCCCCC)COP(=O)([O-])OCC[N+](C)(C)C. The lowest BCUT2D eigenvalue weighted by Gasteiger charge is -2.28. The predicted octanol–water partition coefficient (Wildman–Crippen LogP) is 25.0. The molecule has 520 valence electrons. The van der Waals surface area contributed by atoms with Crippen LogP contribution in [0.25, 0.3) is 0 Å². The van der Waals surface area contributed by atoms with Crippen molar-refractivity contribution in [1.29, 1.82) is 0 Å². The van der Waals surface area contributed by atoms with Gasteiger partial charge in [0.15, 0.2) is 6.10 Å². The zero-order valence-electron chi connectivity index (χ0n) is 59.5. The highest BCUT2D eigenvalue weighted by Crippen LogP contribution is 2.38. The van der Waals surface area contributed by atoms with Gasteiger partial charge >= 0.3 is 11.9 Å². The van der Waals surface area contributed by atoms with Gasteiger partial charge in [0.1, 0.15) is 19.8 Å². The first-order valence-electron chi connectivity index (χ1n) is 39.2. The third kappa shape index (κ3) is 73.9. The van der Waals surface area contributed by atoms with Crippen LogP contribution < -0.4 is 4.89 Å². The Hall–Kier alpha value is -0.990. The number of rotatable bonds is 75. The number of phosphoric ester groups is 1. The van der Waals surface area contributed by atoms with Crippen molar-refractivity contribution < 1.29 is 42.1 Å². The molecule has 0 rings (SSSR count). The largest absolute Gasteiger partial charge is 0.756 e. The third-order valence-electron chi connectivity index (χ3n) is 18.4. The van der Waals surface area contributed by atoms with Crippen molar-refractivity contribution in [3.05, 3.63) is 0 Å². The molecule has 0 saturated heterocycles. The van der Waals surface area contributed by atoms with Crippen LogP contribution in [0.4, 0.5) is 0 Å². The summed E-state index contributed by atoms with van der Waals surface area (Å²) in [5.74, 6) is -0.801. The summed E-state index contributed by atoms with van der Waals surface area (Å²) in [4.78, 5) is 38.1. The van der Waals surface area contributed by atoms with Crippen molar-refractivity contribution >= 4 is 19.8 Å². The molecule has 0 spiro atoms. The maximum atomic E-state index is 12.9. The second-order valence-corrected chi connectivity index (χ2v) is 29.9. The molecule has 10 heteroatoms. The van der Waals surface area contributed by atoms with Gasteiger partial charge in [0.2, 0.25) is 0 Å². The maximum Gasteiger partial charge on any atom is 0.306 e. The summed E-state index contributed by atoms with van der Waals surface area (Å²) in [5.41, 5.74) is 0. The fourth-order valence-electron chi connectivity index (χ4n) is 12.4. The molecule has 0 radical (unpaired) electrons. The van der Waals surface area contributed by atoms with Crippen molar-refractivity contribution in [1.82, 2.24) is 0 Å². The monoisotopic (exact) mass is 1250 g/mol. The van der Waals surface area contributed by atoms with Crippen molar-refractivity contribution in [2.75, 3.05) is 47.5 Å². The molecule has 0 N–H and O–H groups in total. The van der Waals surface area contributed by atoms with E-state index >= 15 is 0 Å². The summed E-state index contributed by atoms with van der Waals surface area (Å²) in [6.07, 6.45) is 85.2. The molecule has 0 aliphatic rings. The molecule has 9 nitrogen and oxygen atoms in total. The Kier molecular flexibility index (Phi) is 68.6. The average molecular weight is 1250 g/mol. The van der Waals surface area contributed by atoms with Crippen LogP contribution in [0.15, 0.2) is 0 Å². The van der Waals surface area contributed by atoms with Crippen LogP contribution in [-0.4, -0.2) is 70.0 Å². The molecule has 2 atom stereocenters. The highest BCUT2D eigenvalue weighted by molar-refractivity contribution is 7.45. The minimum absolute atomic E-state index is 0.0247. The second kappa shape index (κ2) is 69.4. The number of likely N-dealkylation sites (N-methyl/N-ethyl adjacent to an activating group) is 1. The van der Waals surface area contributed by atoms with E-state index in [1.807, 2.05) is 21.1 Å². The molecule has 0 aliphatic heterocycles. The van der Waals surface area contributed by atoms with Gasteiger partial charge in [-0.3, -0.25) is 14.2 Å². The Morgan fingerprint density at radius 2 is 0.517 bits per heavy atom. The molecule has 87 heavy (non-hydrogen) atoms. The molecule has 0 aromatic carbocycles. The van der Waals surface area contributed by atoms with Gasteiger partial charge in [0.05, 0.1) is 27.7 Å². The van der Waals surface area contributed by atoms with Crippen LogP contribution in [0.1, 0.15) is 431 Å². The van der Waals surface area contributed by atoms with E-state index in [-0.39, 0.29) is 32.0 Å². The Balaban J connectivity index is 3.88. The molecule has 0 fully saturated rings. The Morgan fingerprint density at radius 3 is 0.736 bits per heavy atom. The first-order chi connectivity index (χ1) is 42.5. The van der Waals surface area contributed by atoms with Crippen molar-refractivity contribution in [3.63, 3.8) is 0 Å². The Bertz CT molecular complexity index is 1420. The molecule has 2 unspecified atom stereocenters. The van der Waals surface area contributed by atoms with Gasteiger partial charge in [0.25, 0.3) is 7.82 Å². The Morgan fingerprint density at radius 1 is 0.310 bits per heavy atom. The normalized spacial score (nSPS) is 12.9. The van der Waals surface area contributed by atoms with Crippen molar-refractivity contribution in [3.8, 4) is 0 Å². The van der Waals surface area contributed by atoms with Crippen LogP contribution in [0, 0.1) is 0 Å². The molecule has 0 aromatic heterocycles. The summed E-state index contributed by atoms with van der Waals surface area (Å²) in [7, 11) is 1.20. The van der Waals surface area contributed by atoms with Crippen LogP contribution in [0.2, 0.25) is 0 Å². The van der Waals surface area contributed by atoms with Gasteiger partial charge < -0.3 is 27.9 Å². The smallest absolute Gasteiger partial charge is 0.306 e. The van der Waals surface area contributed by atoms with Crippen LogP contribution >= 0.6 is 7.82 Å². The first-order valence-corrected chi connectivity index (χ1v) is 40.7. The molecule has 0 saturated carbocycles. The molecule has 0 amide bonds. The maximum absolute atomic E-state index is 12.9. The number of carbonyl (C=O) groups excluding carboxylic acids is 2. The number of hydrogen-bond acceptors (Lipinski definition) is 8. The quantitative estimate of drug-likeness (QED) is 0.0256. The van der Waals surface area contributed by atoms with E-state index in [0.717, 1.165) is 32.1 Å². The van der Waals surface area contributed by atoms with Crippen molar-refractivity contribution in [2.24, 2.45) is 0 Å². The van der Waals surface area contributed by atoms with Crippen molar-refractivity contribution in [2.45, 2.75) is 437 Å². The predicted molar refractivity (Wildman–Crippen MR) is 375 cm³/mol. The summed E-state index contributed by atoms with van der Waals surface area (Å²) < 4.78 is 34.4. The average Bonchev–Trinajstić information content (AvgIpc) is 3.56. The number of ether oxygens (including phenoxy) is 2. The highest BCUT2D eigenvalue weighted by Gasteiger charge is 2.22. The zero-order valence-corrected chi connectivity index (χ0v) is 60.4. The van der Waals surface area contributed by atoms with E-state index < -0.39 is 26.5 Å². The first kappa shape index (κ1) is 86.0. The zero-order chi connectivity index (χ0) is 63.4. The van der Waals surface area contributed by atoms with E-state index in [9.17, 15) is 19.0 Å². The lowest BCUT2D eigenvalue weighted by atomic mass is 10.0. The molecule has 0 aliphatic carbocycles. The summed E-state index contributed by atoms with van der Waals surface area (Å²) in [6.45, 7) is 4.35. The van der Waals surface area contributed by atoms with Crippen LogP contribution in [-0.2, 0) is 32.7 Å². The number of esters is 2. The third-order valence-corrected chi connectivity index (χ3v) is 19.3. The van der Waals surface area contributed by atoms with Gasteiger partial charge in [-0.15, -0.1) is 0 Å². The van der Waals surface area contributed by atoms with E-state index in [4.69, 9.17) is 18.5 Å². The standard InChI is InChI=1S/C77H154NO8P/c1-6-8-10-12-14-16-18-20-22-24-26-28-30-32-34-35-36-37-38-39-40-41-42-43-44-46-48-50-52-54-56-58-60-62-64-66-68-70-77(80)86-75(74-85-87(81,82)84-72-71-78(3,4)5)73-83-76(79)69-67-65-63-61-59-57-55-53-51-49-47-45-33-31-29-27-25-23-21-19-17-15-13-11-9-7-2/h75H,6-74H2,1-5H3. The molecule has 0 bridgehead atoms. The summed E-state index contributed by atoms with van der Waals surface area (Å²) in [6, 6.07) is 0. The number of carbonyl (C=O) groups is 2. The van der Waals surface area contributed by atoms with Gasteiger partial charge in [0, 0.05) is 12.8 Å². The summed E-state index contributed by atoms with van der Waals surface area (Å²) in [5, 5.41) is 0. The minimum Gasteiger partial charge on any atom is -0.756 e. The number of nitrogens with zero attached hydrogens (tertiary/aromatic N) is 1. The van der Waals surface area contributed by atoms with Gasteiger partial charge in [-0.2, -0.15) is 0 Å². The summed E-state index contributed by atoms with van der Waals surface area (Å²) >= 11 is 0. The van der Waals surface area contributed by atoms with Crippen LogP contribution in [0.5, 0.6) is 0 Å². The van der Waals surface area contributed by atoms with E-state index in [2.05, 4.69) is 13.8 Å². The highest BCUT2D eigenvalue weighted by atomic mass is 31.2. The van der Waals surface area contributed by atoms with E-state index in [1.165, 1.54) is 366 Å².